The van der Waals surface area contributed by atoms with Crippen LogP contribution in [0.3, 0.4) is 0 Å². The monoisotopic (exact) mass is 357 g/mol. The predicted octanol–water partition coefficient (Wildman–Crippen LogP) is 2.69. The zero-order valence-corrected chi connectivity index (χ0v) is 15.7. The lowest BCUT2D eigenvalue weighted by molar-refractivity contribution is -0.135. The van der Waals surface area contributed by atoms with E-state index in [4.69, 9.17) is 0 Å². The molecule has 0 radical (unpaired) electrons. The number of nitrogens with one attached hydrogen (secondary N) is 1. The van der Waals surface area contributed by atoms with Crippen LogP contribution in [0.2, 0.25) is 0 Å². The maximum Gasteiger partial charge on any atom is 0.237 e. The second kappa shape index (κ2) is 8.47. The maximum absolute atomic E-state index is 12.8. The molecule has 0 spiro atoms. The zero-order valence-electron chi connectivity index (χ0n) is 14.1. The van der Waals surface area contributed by atoms with Crippen molar-refractivity contribution in [2.24, 2.45) is 0 Å². The van der Waals surface area contributed by atoms with Gasteiger partial charge in [0, 0.05) is 24.0 Å². The minimum absolute atomic E-state index is 0. The molecular weight excluding hydrogens is 330 g/mol. The van der Waals surface area contributed by atoms with Gasteiger partial charge in [-0.1, -0.05) is 6.92 Å². The Morgan fingerprint density at radius 1 is 1.43 bits per heavy atom. The van der Waals surface area contributed by atoms with Crippen molar-refractivity contribution in [1.82, 2.24) is 15.1 Å². The van der Waals surface area contributed by atoms with Crippen molar-refractivity contribution in [3.63, 3.8) is 0 Å². The van der Waals surface area contributed by atoms with Gasteiger partial charge in [0.15, 0.2) is 0 Å². The molecule has 1 aromatic heterocycles. The molecule has 6 heteroatoms. The summed E-state index contributed by atoms with van der Waals surface area (Å²) in [5.74, 6) is 0.306. The molecule has 0 bridgehead atoms. The van der Waals surface area contributed by atoms with Crippen molar-refractivity contribution in [1.29, 1.82) is 0 Å². The fourth-order valence-electron chi connectivity index (χ4n) is 3.85. The molecule has 1 saturated heterocycles. The molecule has 1 amide bonds. The van der Waals surface area contributed by atoms with E-state index in [1.54, 1.807) is 0 Å². The Morgan fingerprint density at radius 2 is 2.26 bits per heavy atom. The van der Waals surface area contributed by atoms with Crippen molar-refractivity contribution >= 4 is 29.7 Å². The van der Waals surface area contributed by atoms with Gasteiger partial charge in [-0.25, -0.2) is 0 Å². The molecule has 2 aliphatic rings. The van der Waals surface area contributed by atoms with Gasteiger partial charge < -0.3 is 10.2 Å². The summed E-state index contributed by atoms with van der Waals surface area (Å²) in [5, 5.41) is 5.52. The summed E-state index contributed by atoms with van der Waals surface area (Å²) in [4.78, 5) is 18.8. The molecule has 4 nitrogen and oxygen atoms in total. The normalized spacial score (nSPS) is 24.9. The molecule has 1 N–H and O–H groups in total. The summed E-state index contributed by atoms with van der Waals surface area (Å²) >= 11 is 1.84. The fourth-order valence-corrected chi connectivity index (χ4v) is 4.78. The van der Waals surface area contributed by atoms with Gasteiger partial charge in [-0.2, -0.15) is 0 Å². The highest BCUT2D eigenvalue weighted by atomic mass is 35.5. The molecule has 1 aromatic rings. The van der Waals surface area contributed by atoms with Gasteiger partial charge in [0.1, 0.15) is 0 Å². The predicted molar refractivity (Wildman–Crippen MR) is 98.5 cm³/mol. The van der Waals surface area contributed by atoms with Crippen LogP contribution in [0.1, 0.15) is 42.7 Å². The van der Waals surface area contributed by atoms with Gasteiger partial charge >= 0.3 is 0 Å². The Hall–Kier alpha value is -0.620. The number of amides is 1. The van der Waals surface area contributed by atoms with E-state index >= 15 is 0 Å². The third-order valence-corrected chi connectivity index (χ3v) is 6.07. The quantitative estimate of drug-likeness (QED) is 0.899. The molecule has 0 aliphatic carbocycles. The van der Waals surface area contributed by atoms with E-state index in [1.807, 2.05) is 18.4 Å². The Morgan fingerprint density at radius 3 is 3.00 bits per heavy atom. The summed E-state index contributed by atoms with van der Waals surface area (Å²) in [5.41, 5.74) is 1.39. The SMILES string of the molecule is CCC1c2ccsc2CCN1C(=O)CN1CCCC(NC)C1.Cl. The topological polar surface area (TPSA) is 35.6 Å². The fraction of sp³-hybridized carbons (Fsp3) is 0.706. The Labute approximate surface area is 149 Å². The van der Waals surface area contributed by atoms with E-state index in [2.05, 4.69) is 33.5 Å². The molecule has 3 rings (SSSR count). The summed E-state index contributed by atoms with van der Waals surface area (Å²) < 4.78 is 0. The van der Waals surface area contributed by atoms with Gasteiger partial charge in [0.25, 0.3) is 0 Å². The lowest BCUT2D eigenvalue weighted by Gasteiger charge is -2.38. The number of nitrogens with zero attached hydrogens (tertiary/aromatic N) is 2. The molecule has 0 aromatic carbocycles. The highest BCUT2D eigenvalue weighted by Crippen LogP contribution is 2.35. The summed E-state index contributed by atoms with van der Waals surface area (Å²) in [6.07, 6.45) is 4.44. The van der Waals surface area contributed by atoms with Crippen molar-refractivity contribution in [3.05, 3.63) is 21.9 Å². The largest absolute Gasteiger partial charge is 0.334 e. The number of halogens is 1. The molecule has 1 fully saturated rings. The number of thiophene rings is 1. The summed E-state index contributed by atoms with van der Waals surface area (Å²) in [7, 11) is 2.02. The lowest BCUT2D eigenvalue weighted by atomic mass is 9.97. The number of rotatable bonds is 4. The smallest absolute Gasteiger partial charge is 0.237 e. The average Bonchev–Trinajstić information content (AvgIpc) is 3.02. The number of piperidine rings is 1. The maximum atomic E-state index is 12.8. The van der Waals surface area contributed by atoms with Crippen molar-refractivity contribution < 1.29 is 4.79 Å². The minimum Gasteiger partial charge on any atom is -0.334 e. The molecule has 0 saturated carbocycles. The van der Waals surface area contributed by atoms with Crippen LogP contribution in [0.4, 0.5) is 0 Å². The number of hydrogen-bond acceptors (Lipinski definition) is 4. The van der Waals surface area contributed by atoms with E-state index in [0.717, 1.165) is 32.5 Å². The first kappa shape index (κ1) is 18.7. The zero-order chi connectivity index (χ0) is 15.5. The van der Waals surface area contributed by atoms with Crippen LogP contribution < -0.4 is 5.32 Å². The van der Waals surface area contributed by atoms with E-state index in [-0.39, 0.29) is 18.4 Å². The molecule has 23 heavy (non-hydrogen) atoms. The summed E-state index contributed by atoms with van der Waals surface area (Å²) in [6, 6.07) is 3.03. The highest BCUT2D eigenvalue weighted by molar-refractivity contribution is 7.10. The standard InChI is InChI=1S/C17H27N3OS.ClH/c1-3-15-14-7-10-22-16(14)6-9-20(15)17(21)12-19-8-4-5-13(11-19)18-2;/h7,10,13,15,18H,3-6,8-9,11-12H2,1-2H3;1H. The first-order valence-corrected chi connectivity index (χ1v) is 9.36. The molecule has 3 heterocycles. The van der Waals surface area contributed by atoms with Crippen LogP contribution in [-0.4, -0.2) is 55.0 Å². The Balaban J connectivity index is 0.00000192. The van der Waals surface area contributed by atoms with Gasteiger partial charge in [-0.05, 0) is 56.3 Å². The van der Waals surface area contributed by atoms with Crippen LogP contribution in [0.25, 0.3) is 0 Å². The van der Waals surface area contributed by atoms with Crippen molar-refractivity contribution in [3.8, 4) is 0 Å². The van der Waals surface area contributed by atoms with Crippen LogP contribution in [0.5, 0.6) is 0 Å². The van der Waals surface area contributed by atoms with E-state index in [0.29, 0.717) is 18.5 Å². The first-order chi connectivity index (χ1) is 10.7. The molecular formula is C17H28ClN3OS. The average molecular weight is 358 g/mol. The van der Waals surface area contributed by atoms with E-state index in [9.17, 15) is 4.79 Å². The van der Waals surface area contributed by atoms with E-state index < -0.39 is 0 Å². The van der Waals surface area contributed by atoms with Gasteiger partial charge in [0.2, 0.25) is 5.91 Å². The number of carbonyl (C=O) groups excluding carboxylic acids is 1. The number of fused-ring (bicyclic) bond motifs is 1. The lowest BCUT2D eigenvalue weighted by Crippen LogP contribution is -2.50. The number of carbonyl (C=O) groups is 1. The third-order valence-electron chi connectivity index (χ3n) is 5.07. The molecule has 130 valence electrons. The van der Waals surface area contributed by atoms with Crippen LogP contribution in [-0.2, 0) is 11.2 Å². The van der Waals surface area contributed by atoms with Crippen LogP contribution in [0, 0.1) is 0 Å². The molecule has 2 atom stereocenters. The van der Waals surface area contributed by atoms with Crippen LogP contribution >= 0.6 is 23.7 Å². The highest BCUT2D eigenvalue weighted by Gasteiger charge is 2.31. The number of likely N-dealkylation sites (N-methyl/N-ethyl adjacent to an activating group) is 1. The Bertz CT molecular complexity index is 522. The Kier molecular flexibility index (Phi) is 6.89. The van der Waals surface area contributed by atoms with E-state index in [1.165, 1.54) is 23.3 Å². The van der Waals surface area contributed by atoms with Gasteiger partial charge in [0.05, 0.1) is 12.6 Å². The number of hydrogen-bond donors (Lipinski definition) is 1. The number of likely N-dealkylation sites (tertiary alicyclic amines) is 1. The van der Waals surface area contributed by atoms with Crippen molar-refractivity contribution in [2.45, 2.75) is 44.7 Å². The second-order valence-electron chi connectivity index (χ2n) is 6.42. The summed E-state index contributed by atoms with van der Waals surface area (Å²) in [6.45, 7) is 5.70. The van der Waals surface area contributed by atoms with Crippen molar-refractivity contribution in [2.75, 3.05) is 33.2 Å². The van der Waals surface area contributed by atoms with Gasteiger partial charge in [-0.3, -0.25) is 9.69 Å². The third kappa shape index (κ3) is 4.08. The second-order valence-corrected chi connectivity index (χ2v) is 7.42. The van der Waals surface area contributed by atoms with Gasteiger partial charge in [-0.15, -0.1) is 23.7 Å². The van der Waals surface area contributed by atoms with Crippen LogP contribution in [0.15, 0.2) is 11.4 Å². The molecule has 2 aliphatic heterocycles. The minimum atomic E-state index is 0. The molecule has 2 unspecified atom stereocenters. The first-order valence-electron chi connectivity index (χ1n) is 8.48.